The van der Waals surface area contributed by atoms with Crippen molar-refractivity contribution in [1.29, 1.82) is 0 Å². The van der Waals surface area contributed by atoms with Crippen molar-refractivity contribution in [2.75, 3.05) is 11.9 Å². The highest BCUT2D eigenvalue weighted by molar-refractivity contribution is 9.10. The fourth-order valence-corrected chi connectivity index (χ4v) is 4.37. The van der Waals surface area contributed by atoms with E-state index in [-0.39, 0.29) is 18.0 Å². The van der Waals surface area contributed by atoms with Gasteiger partial charge in [0.2, 0.25) is 5.91 Å². The molecule has 1 amide bonds. The maximum atomic E-state index is 12.5. The molecule has 0 bridgehead atoms. The molecule has 1 fully saturated rings. The standard InChI is InChI=1S/C20H21BrN4OS/c21-16-6-4-15(5-7-16)20(9-2-10-20)22-13-19(26)24-18-8-11-23-25(18)14-17-3-1-12-27-17/h1,3-8,11-12,22H,2,9-10,13-14H2,(H,24,26). The third-order valence-electron chi connectivity index (χ3n) is 5.06. The van der Waals surface area contributed by atoms with E-state index in [2.05, 4.69) is 62.0 Å². The van der Waals surface area contributed by atoms with Crippen LogP contribution in [-0.2, 0) is 16.9 Å². The molecule has 0 saturated heterocycles. The Balaban J connectivity index is 1.37. The van der Waals surface area contributed by atoms with Crippen LogP contribution in [0.3, 0.4) is 0 Å². The van der Waals surface area contributed by atoms with Gasteiger partial charge in [0.1, 0.15) is 5.82 Å². The number of aromatic nitrogens is 2. The number of halogens is 1. The second-order valence-electron chi connectivity index (χ2n) is 6.80. The molecule has 27 heavy (non-hydrogen) atoms. The van der Waals surface area contributed by atoms with Crippen molar-refractivity contribution in [3.63, 3.8) is 0 Å². The third kappa shape index (κ3) is 4.15. The lowest BCUT2D eigenvalue weighted by atomic mass is 9.72. The quantitative estimate of drug-likeness (QED) is 0.568. The second kappa shape index (κ2) is 7.96. The van der Waals surface area contributed by atoms with Gasteiger partial charge in [0.25, 0.3) is 0 Å². The van der Waals surface area contributed by atoms with Crippen molar-refractivity contribution in [3.8, 4) is 0 Å². The number of nitrogens with zero attached hydrogens (tertiary/aromatic N) is 2. The van der Waals surface area contributed by atoms with E-state index in [1.807, 2.05) is 22.2 Å². The summed E-state index contributed by atoms with van der Waals surface area (Å²) in [5, 5.41) is 12.8. The first-order valence-corrected chi connectivity index (χ1v) is 10.7. The van der Waals surface area contributed by atoms with E-state index < -0.39 is 0 Å². The molecule has 0 radical (unpaired) electrons. The predicted molar refractivity (Wildman–Crippen MR) is 112 cm³/mol. The zero-order valence-electron chi connectivity index (χ0n) is 14.8. The minimum atomic E-state index is -0.0880. The number of carbonyl (C=O) groups excluding carboxylic acids is 1. The summed E-state index contributed by atoms with van der Waals surface area (Å²) in [4.78, 5) is 13.7. The maximum Gasteiger partial charge on any atom is 0.239 e. The van der Waals surface area contributed by atoms with Gasteiger partial charge in [0.05, 0.1) is 19.3 Å². The van der Waals surface area contributed by atoms with E-state index in [0.717, 1.165) is 23.1 Å². The second-order valence-corrected chi connectivity index (χ2v) is 8.75. The topological polar surface area (TPSA) is 59.0 Å². The Morgan fingerprint density at radius 2 is 2.04 bits per heavy atom. The molecular formula is C20H21BrN4OS. The first-order chi connectivity index (χ1) is 13.1. The van der Waals surface area contributed by atoms with E-state index in [9.17, 15) is 4.79 Å². The Kier molecular flexibility index (Phi) is 5.43. The molecule has 7 heteroatoms. The molecule has 0 aliphatic heterocycles. The molecule has 140 valence electrons. The molecule has 1 aliphatic carbocycles. The summed E-state index contributed by atoms with van der Waals surface area (Å²) < 4.78 is 2.88. The first-order valence-electron chi connectivity index (χ1n) is 9.00. The molecule has 4 rings (SSSR count). The smallest absolute Gasteiger partial charge is 0.239 e. The highest BCUT2D eigenvalue weighted by Gasteiger charge is 2.38. The van der Waals surface area contributed by atoms with Crippen LogP contribution in [0.5, 0.6) is 0 Å². The SMILES string of the molecule is O=C(CNC1(c2ccc(Br)cc2)CCC1)Nc1ccnn1Cc1cccs1. The summed E-state index contributed by atoms with van der Waals surface area (Å²) in [5.41, 5.74) is 1.16. The lowest BCUT2D eigenvalue weighted by Gasteiger charge is -2.43. The van der Waals surface area contributed by atoms with E-state index >= 15 is 0 Å². The van der Waals surface area contributed by atoms with Gasteiger partial charge in [-0.25, -0.2) is 4.68 Å². The molecule has 3 aromatic rings. The lowest BCUT2D eigenvalue weighted by Crippen LogP contribution is -2.50. The van der Waals surface area contributed by atoms with Gasteiger partial charge in [-0.2, -0.15) is 5.10 Å². The molecule has 0 unspecified atom stereocenters. The van der Waals surface area contributed by atoms with Gasteiger partial charge < -0.3 is 5.32 Å². The predicted octanol–water partition coefficient (Wildman–Crippen LogP) is 4.36. The Hall–Kier alpha value is -1.96. The average molecular weight is 445 g/mol. The first kappa shape index (κ1) is 18.4. The van der Waals surface area contributed by atoms with Crippen LogP contribution in [0.2, 0.25) is 0 Å². The van der Waals surface area contributed by atoms with Crippen LogP contribution in [-0.4, -0.2) is 22.2 Å². The summed E-state index contributed by atoms with van der Waals surface area (Å²) >= 11 is 5.17. The largest absolute Gasteiger partial charge is 0.310 e. The maximum absolute atomic E-state index is 12.5. The summed E-state index contributed by atoms with van der Waals surface area (Å²) in [7, 11) is 0. The van der Waals surface area contributed by atoms with E-state index in [0.29, 0.717) is 6.54 Å². The zero-order valence-corrected chi connectivity index (χ0v) is 17.2. The van der Waals surface area contributed by atoms with E-state index in [4.69, 9.17) is 0 Å². The minimum absolute atomic E-state index is 0.0497. The molecule has 1 saturated carbocycles. The van der Waals surface area contributed by atoms with E-state index in [1.165, 1.54) is 16.9 Å². The molecule has 5 nitrogen and oxygen atoms in total. The van der Waals surface area contributed by atoms with Gasteiger partial charge in [0, 0.05) is 21.0 Å². The molecule has 1 aliphatic rings. The van der Waals surface area contributed by atoms with Gasteiger partial charge in [-0.05, 0) is 48.4 Å². The van der Waals surface area contributed by atoms with Crippen LogP contribution < -0.4 is 10.6 Å². The number of benzene rings is 1. The number of amides is 1. The van der Waals surface area contributed by atoms with Crippen LogP contribution in [0.4, 0.5) is 5.82 Å². The monoisotopic (exact) mass is 444 g/mol. The average Bonchev–Trinajstić information content (AvgIpc) is 3.28. The number of hydrogen-bond donors (Lipinski definition) is 2. The number of anilines is 1. The Morgan fingerprint density at radius 3 is 2.70 bits per heavy atom. The van der Waals surface area contributed by atoms with E-state index in [1.54, 1.807) is 17.5 Å². The molecule has 2 heterocycles. The van der Waals surface area contributed by atoms with Crippen LogP contribution >= 0.6 is 27.3 Å². The molecular weight excluding hydrogens is 424 g/mol. The third-order valence-corrected chi connectivity index (χ3v) is 6.45. The fraction of sp³-hybridized carbons (Fsp3) is 0.300. The van der Waals surface area contributed by atoms with Crippen molar-refractivity contribution in [1.82, 2.24) is 15.1 Å². The number of hydrogen-bond acceptors (Lipinski definition) is 4. The van der Waals surface area contributed by atoms with Gasteiger partial charge in [0.15, 0.2) is 0 Å². The summed E-state index contributed by atoms with van der Waals surface area (Å²) in [5.74, 6) is 0.674. The van der Waals surface area contributed by atoms with Crippen molar-refractivity contribution in [2.24, 2.45) is 0 Å². The highest BCUT2D eigenvalue weighted by atomic mass is 79.9. The van der Waals surface area contributed by atoms with Gasteiger partial charge >= 0.3 is 0 Å². The molecule has 1 aromatic carbocycles. The van der Waals surface area contributed by atoms with Crippen molar-refractivity contribution < 1.29 is 4.79 Å². The molecule has 2 aromatic heterocycles. The molecule has 2 N–H and O–H groups in total. The number of thiophene rings is 1. The number of rotatable bonds is 7. The highest BCUT2D eigenvalue weighted by Crippen LogP contribution is 2.41. The number of nitrogens with one attached hydrogen (secondary N) is 2. The van der Waals surface area contributed by atoms with Crippen LogP contribution in [0.15, 0.2) is 58.5 Å². The van der Waals surface area contributed by atoms with Crippen molar-refractivity contribution in [3.05, 3.63) is 69.0 Å². The zero-order chi connectivity index (χ0) is 18.7. The van der Waals surface area contributed by atoms with Gasteiger partial charge in [-0.15, -0.1) is 11.3 Å². The van der Waals surface area contributed by atoms with Crippen LogP contribution in [0.1, 0.15) is 29.7 Å². The normalized spacial score (nSPS) is 15.3. The van der Waals surface area contributed by atoms with Crippen LogP contribution in [0.25, 0.3) is 0 Å². The van der Waals surface area contributed by atoms with Gasteiger partial charge in [-0.3, -0.25) is 10.1 Å². The minimum Gasteiger partial charge on any atom is -0.310 e. The lowest BCUT2D eigenvalue weighted by molar-refractivity contribution is -0.116. The molecule has 0 spiro atoms. The number of carbonyl (C=O) groups is 1. The summed E-state index contributed by atoms with van der Waals surface area (Å²) in [6.45, 7) is 0.941. The Labute approximate surface area is 170 Å². The molecule has 0 atom stereocenters. The van der Waals surface area contributed by atoms with Crippen molar-refractivity contribution >= 4 is 39.0 Å². The van der Waals surface area contributed by atoms with Crippen LogP contribution in [0, 0.1) is 0 Å². The Bertz CT molecular complexity index is 900. The fourth-order valence-electron chi connectivity index (χ4n) is 3.42. The Morgan fingerprint density at radius 1 is 1.22 bits per heavy atom. The van der Waals surface area contributed by atoms with Gasteiger partial charge in [-0.1, -0.05) is 34.1 Å². The summed E-state index contributed by atoms with van der Waals surface area (Å²) in [6, 6.07) is 14.3. The summed E-state index contributed by atoms with van der Waals surface area (Å²) in [6.07, 6.45) is 5.00. The van der Waals surface area contributed by atoms with Crippen molar-refractivity contribution in [2.45, 2.75) is 31.3 Å².